The van der Waals surface area contributed by atoms with Crippen molar-refractivity contribution in [2.24, 2.45) is 4.99 Å². The van der Waals surface area contributed by atoms with E-state index in [1.807, 2.05) is 32.0 Å². The fourth-order valence-corrected chi connectivity index (χ4v) is 3.42. The number of fused-ring (bicyclic) bond motifs is 1. The third kappa shape index (κ3) is 6.40. The number of ether oxygens (including phenoxy) is 1. The van der Waals surface area contributed by atoms with Crippen LogP contribution < -0.4 is 15.4 Å². The number of para-hydroxylation sites is 2. The molecular weight excluding hydrogens is 416 g/mol. The van der Waals surface area contributed by atoms with Crippen LogP contribution in [0.3, 0.4) is 0 Å². The van der Waals surface area contributed by atoms with Crippen LogP contribution in [0.1, 0.15) is 30.8 Å². The number of halogens is 2. The monoisotopic (exact) mass is 445 g/mol. The summed E-state index contributed by atoms with van der Waals surface area (Å²) in [6.45, 7) is 3.45. The van der Waals surface area contributed by atoms with Crippen molar-refractivity contribution in [2.75, 3.05) is 19.6 Å². The molecule has 3 aromatic rings. The lowest BCUT2D eigenvalue weighted by molar-refractivity contribution is -0.0498. The molecule has 0 saturated heterocycles. The lowest BCUT2D eigenvalue weighted by Gasteiger charge is -2.14. The Labute approximate surface area is 186 Å². The van der Waals surface area contributed by atoms with Crippen LogP contribution in [0.5, 0.6) is 5.75 Å². The number of hydrogen-bond acceptors (Lipinski definition) is 4. The Morgan fingerprint density at radius 2 is 1.91 bits per heavy atom. The molecule has 7 nitrogen and oxygen atoms in total. The summed E-state index contributed by atoms with van der Waals surface area (Å²) < 4.78 is 31.0. The summed E-state index contributed by atoms with van der Waals surface area (Å²) in [5.41, 5.74) is 2.70. The third-order valence-electron chi connectivity index (χ3n) is 4.95. The Morgan fingerprint density at radius 3 is 2.62 bits per heavy atom. The second-order valence-electron chi connectivity index (χ2n) is 7.26. The molecule has 3 rings (SSSR count). The van der Waals surface area contributed by atoms with E-state index >= 15 is 0 Å². The molecule has 0 aliphatic carbocycles. The summed E-state index contributed by atoms with van der Waals surface area (Å²) >= 11 is 0. The zero-order valence-corrected chi connectivity index (χ0v) is 18.3. The first-order valence-electron chi connectivity index (χ1n) is 10.6. The number of alkyl halides is 2. The van der Waals surface area contributed by atoms with Gasteiger partial charge in [-0.05, 0) is 50.1 Å². The van der Waals surface area contributed by atoms with E-state index in [1.54, 1.807) is 12.1 Å². The molecule has 2 aromatic carbocycles. The minimum Gasteiger partial charge on any atom is -0.435 e. The Balaban J connectivity index is 1.51. The maximum Gasteiger partial charge on any atom is 0.387 e. The molecular formula is C23H29F2N5O2. The average molecular weight is 446 g/mol. The maximum atomic E-state index is 12.3. The fourth-order valence-electron chi connectivity index (χ4n) is 3.42. The number of guanidine groups is 1. The largest absolute Gasteiger partial charge is 0.435 e. The van der Waals surface area contributed by atoms with Gasteiger partial charge in [0.2, 0.25) is 0 Å². The van der Waals surface area contributed by atoms with Crippen LogP contribution >= 0.6 is 0 Å². The number of hydrogen-bond donors (Lipinski definition) is 3. The van der Waals surface area contributed by atoms with E-state index in [4.69, 9.17) is 0 Å². The summed E-state index contributed by atoms with van der Waals surface area (Å²) in [6.07, 6.45) is 0.0192. The van der Waals surface area contributed by atoms with Crippen LogP contribution in [0.15, 0.2) is 53.5 Å². The van der Waals surface area contributed by atoms with Gasteiger partial charge in [0.05, 0.1) is 23.7 Å². The van der Waals surface area contributed by atoms with Crippen LogP contribution in [-0.4, -0.2) is 46.9 Å². The number of aryl methyl sites for hydroxylation is 2. The summed E-state index contributed by atoms with van der Waals surface area (Å²) in [7, 11) is 0. The number of imidazole rings is 1. The Kier molecular flexibility index (Phi) is 8.38. The number of aromatic nitrogens is 2. The highest BCUT2D eigenvalue weighted by molar-refractivity contribution is 5.79. The topological polar surface area (TPSA) is 83.7 Å². The van der Waals surface area contributed by atoms with E-state index in [1.165, 1.54) is 12.1 Å². The molecule has 1 unspecified atom stereocenters. The molecule has 0 bridgehead atoms. The van der Waals surface area contributed by atoms with Gasteiger partial charge >= 0.3 is 6.61 Å². The van der Waals surface area contributed by atoms with Crippen molar-refractivity contribution < 1.29 is 18.6 Å². The third-order valence-corrected chi connectivity index (χ3v) is 4.95. The van der Waals surface area contributed by atoms with Crippen LogP contribution in [0.25, 0.3) is 11.0 Å². The van der Waals surface area contributed by atoms with Gasteiger partial charge in [0.25, 0.3) is 0 Å². The Morgan fingerprint density at radius 1 is 1.16 bits per heavy atom. The summed E-state index contributed by atoms with van der Waals surface area (Å²) in [4.78, 5) is 9.02. The van der Waals surface area contributed by atoms with Gasteiger partial charge < -0.3 is 25.0 Å². The zero-order chi connectivity index (χ0) is 22.9. The predicted octanol–water partition coefficient (Wildman–Crippen LogP) is 3.62. The second kappa shape index (κ2) is 11.4. The molecule has 0 amide bonds. The molecule has 172 valence electrons. The number of aliphatic hydroxyl groups is 1. The molecule has 32 heavy (non-hydrogen) atoms. The van der Waals surface area contributed by atoms with Gasteiger partial charge in [-0.2, -0.15) is 8.78 Å². The van der Waals surface area contributed by atoms with E-state index in [2.05, 4.69) is 36.0 Å². The molecule has 1 atom stereocenters. The number of aliphatic hydroxyl groups excluding tert-OH is 1. The van der Waals surface area contributed by atoms with Crippen molar-refractivity contribution in [3.05, 3.63) is 59.9 Å². The summed E-state index contributed by atoms with van der Waals surface area (Å²) in [5.74, 6) is 1.65. The van der Waals surface area contributed by atoms with Crippen molar-refractivity contribution in [3.63, 3.8) is 0 Å². The average Bonchev–Trinajstić information content (AvgIpc) is 3.09. The molecule has 1 heterocycles. The van der Waals surface area contributed by atoms with E-state index in [-0.39, 0.29) is 12.3 Å². The second-order valence-corrected chi connectivity index (χ2v) is 7.26. The summed E-state index contributed by atoms with van der Waals surface area (Å²) in [5, 5.41) is 16.8. The fraction of sp³-hybridized carbons (Fsp3) is 0.391. The SMILES string of the molecule is CCNC(=NCC(O)c1ccc(OC(F)F)cc1)NCCCn1c(C)nc2ccccc21. The van der Waals surface area contributed by atoms with Crippen molar-refractivity contribution in [2.45, 2.75) is 39.5 Å². The molecule has 0 saturated carbocycles. The number of nitrogens with one attached hydrogen (secondary N) is 2. The molecule has 0 aliphatic rings. The van der Waals surface area contributed by atoms with Crippen LogP contribution in [0, 0.1) is 6.92 Å². The molecule has 9 heteroatoms. The van der Waals surface area contributed by atoms with Gasteiger partial charge in [-0.15, -0.1) is 0 Å². The van der Waals surface area contributed by atoms with Gasteiger partial charge in [0, 0.05) is 19.6 Å². The highest BCUT2D eigenvalue weighted by Gasteiger charge is 2.10. The smallest absolute Gasteiger partial charge is 0.387 e. The lowest BCUT2D eigenvalue weighted by atomic mass is 10.1. The van der Waals surface area contributed by atoms with Crippen LogP contribution in [0.2, 0.25) is 0 Å². The molecule has 3 N–H and O–H groups in total. The van der Waals surface area contributed by atoms with E-state index in [0.29, 0.717) is 24.6 Å². The Bertz CT molecular complexity index is 1020. The van der Waals surface area contributed by atoms with Crippen molar-refractivity contribution in [3.8, 4) is 5.75 Å². The van der Waals surface area contributed by atoms with Gasteiger partial charge in [0.15, 0.2) is 5.96 Å². The van der Waals surface area contributed by atoms with Crippen LogP contribution in [0.4, 0.5) is 8.78 Å². The van der Waals surface area contributed by atoms with E-state index in [0.717, 1.165) is 29.8 Å². The van der Waals surface area contributed by atoms with Crippen molar-refractivity contribution in [1.82, 2.24) is 20.2 Å². The number of benzene rings is 2. The van der Waals surface area contributed by atoms with Crippen molar-refractivity contribution >= 4 is 17.0 Å². The first-order chi connectivity index (χ1) is 15.5. The minimum atomic E-state index is -2.87. The Hall–Kier alpha value is -3.20. The standard InChI is InChI=1S/C23H29F2N5O2/c1-3-26-23(28-15-21(31)17-9-11-18(12-10-17)32-22(24)25)27-13-6-14-30-16(2)29-19-7-4-5-8-20(19)30/h4-5,7-12,21-22,31H,3,6,13-15H2,1-2H3,(H2,26,27,28). The molecule has 0 spiro atoms. The predicted molar refractivity (Wildman–Crippen MR) is 121 cm³/mol. The zero-order valence-electron chi connectivity index (χ0n) is 18.3. The molecule has 0 aliphatic heterocycles. The van der Waals surface area contributed by atoms with Gasteiger partial charge in [-0.3, -0.25) is 4.99 Å². The first kappa shape index (κ1) is 23.5. The lowest BCUT2D eigenvalue weighted by Crippen LogP contribution is -2.38. The highest BCUT2D eigenvalue weighted by atomic mass is 19.3. The van der Waals surface area contributed by atoms with Crippen LogP contribution in [-0.2, 0) is 6.54 Å². The molecule has 1 aromatic heterocycles. The van der Waals surface area contributed by atoms with E-state index in [9.17, 15) is 13.9 Å². The van der Waals surface area contributed by atoms with Crippen molar-refractivity contribution in [1.29, 1.82) is 0 Å². The number of aliphatic imine (C=N–C) groups is 1. The maximum absolute atomic E-state index is 12.3. The molecule has 0 fully saturated rings. The minimum absolute atomic E-state index is 0.0513. The number of nitrogens with zero attached hydrogens (tertiary/aromatic N) is 3. The summed E-state index contributed by atoms with van der Waals surface area (Å²) in [6, 6.07) is 14.0. The number of rotatable bonds is 10. The van der Waals surface area contributed by atoms with E-state index < -0.39 is 12.7 Å². The normalized spacial score (nSPS) is 12.9. The van der Waals surface area contributed by atoms with Gasteiger partial charge in [-0.25, -0.2) is 4.98 Å². The van der Waals surface area contributed by atoms with Gasteiger partial charge in [-0.1, -0.05) is 24.3 Å². The quantitative estimate of drug-likeness (QED) is 0.252. The first-order valence-corrected chi connectivity index (χ1v) is 10.6. The molecule has 0 radical (unpaired) electrons. The highest BCUT2D eigenvalue weighted by Crippen LogP contribution is 2.19. The van der Waals surface area contributed by atoms with Gasteiger partial charge in [0.1, 0.15) is 11.6 Å².